The number of nitrogens with zero attached hydrogens (tertiary/aromatic N) is 2. The molecule has 1 N–H and O–H groups in total. The maximum Gasteiger partial charge on any atom is 0.296 e. The van der Waals surface area contributed by atoms with Crippen LogP contribution in [-0.4, -0.2) is 40.8 Å². The van der Waals surface area contributed by atoms with E-state index in [1.165, 1.54) is 43.6 Å². The van der Waals surface area contributed by atoms with Crippen LogP contribution in [-0.2, 0) is 16.1 Å². The van der Waals surface area contributed by atoms with Crippen molar-refractivity contribution in [3.8, 4) is 11.5 Å². The third-order valence-electron chi connectivity index (χ3n) is 5.50. The van der Waals surface area contributed by atoms with Crippen molar-refractivity contribution in [2.45, 2.75) is 12.6 Å². The molecular weight excluding hydrogens is 444 g/mol. The van der Waals surface area contributed by atoms with Crippen molar-refractivity contribution in [3.05, 3.63) is 93.4 Å². The minimum atomic E-state index is -1.01. The van der Waals surface area contributed by atoms with Gasteiger partial charge >= 0.3 is 0 Å². The van der Waals surface area contributed by atoms with Crippen LogP contribution >= 0.6 is 0 Å². The Labute approximate surface area is 193 Å². The van der Waals surface area contributed by atoms with Crippen LogP contribution in [0.25, 0.3) is 5.76 Å². The van der Waals surface area contributed by atoms with Crippen molar-refractivity contribution in [1.82, 2.24) is 4.90 Å². The first kappa shape index (κ1) is 22.6. The van der Waals surface area contributed by atoms with Gasteiger partial charge in [0.1, 0.15) is 11.5 Å². The fraction of sp³-hybridized carbons (Fsp3) is 0.167. The molecule has 0 spiro atoms. The molecule has 0 aliphatic carbocycles. The molecule has 1 aliphatic heterocycles. The van der Waals surface area contributed by atoms with E-state index >= 15 is 0 Å². The normalized spacial score (nSPS) is 17.1. The van der Waals surface area contributed by atoms with Crippen LogP contribution in [0.3, 0.4) is 0 Å². The second-order valence-electron chi connectivity index (χ2n) is 7.43. The lowest BCUT2D eigenvalue weighted by Gasteiger charge is -2.25. The van der Waals surface area contributed by atoms with Crippen molar-refractivity contribution in [2.24, 2.45) is 0 Å². The smallest absolute Gasteiger partial charge is 0.296 e. The number of non-ortho nitro benzene ring substituents is 1. The number of carbonyl (C=O) groups is 2. The van der Waals surface area contributed by atoms with Crippen LogP contribution in [0.15, 0.2) is 70.9 Å². The first-order valence-corrected chi connectivity index (χ1v) is 10.1. The van der Waals surface area contributed by atoms with Crippen molar-refractivity contribution in [1.29, 1.82) is 0 Å². The fourth-order valence-corrected chi connectivity index (χ4v) is 3.91. The predicted molar refractivity (Wildman–Crippen MR) is 119 cm³/mol. The minimum Gasteiger partial charge on any atom is -0.507 e. The molecule has 0 radical (unpaired) electrons. The molecular formula is C24H20N2O8. The monoisotopic (exact) mass is 464 g/mol. The average molecular weight is 464 g/mol. The second-order valence-corrected chi connectivity index (χ2v) is 7.43. The number of nitro groups is 1. The number of aliphatic hydroxyl groups is 1. The van der Waals surface area contributed by atoms with Crippen LogP contribution in [0.1, 0.15) is 22.9 Å². The highest BCUT2D eigenvalue weighted by molar-refractivity contribution is 6.46. The summed E-state index contributed by atoms with van der Waals surface area (Å²) < 4.78 is 16.0. The lowest BCUT2D eigenvalue weighted by Crippen LogP contribution is -2.29. The molecule has 4 rings (SSSR count). The Balaban J connectivity index is 1.91. The fourth-order valence-electron chi connectivity index (χ4n) is 3.91. The molecule has 10 nitrogen and oxygen atoms in total. The highest BCUT2D eigenvalue weighted by Gasteiger charge is 2.46. The van der Waals surface area contributed by atoms with E-state index in [-0.39, 0.29) is 23.4 Å². The number of nitro benzene ring substituents is 1. The van der Waals surface area contributed by atoms with Crippen molar-refractivity contribution >= 4 is 23.1 Å². The molecule has 2 heterocycles. The van der Waals surface area contributed by atoms with Gasteiger partial charge in [0.25, 0.3) is 17.4 Å². The van der Waals surface area contributed by atoms with Gasteiger partial charge in [-0.15, -0.1) is 0 Å². The van der Waals surface area contributed by atoms with Gasteiger partial charge < -0.3 is 23.9 Å². The number of rotatable bonds is 7. The van der Waals surface area contributed by atoms with E-state index in [4.69, 9.17) is 13.9 Å². The van der Waals surface area contributed by atoms with Gasteiger partial charge in [0, 0.05) is 17.7 Å². The van der Waals surface area contributed by atoms with Gasteiger partial charge in [-0.2, -0.15) is 0 Å². The van der Waals surface area contributed by atoms with E-state index in [9.17, 15) is 24.8 Å². The number of amides is 1. The van der Waals surface area contributed by atoms with E-state index in [2.05, 4.69) is 0 Å². The molecule has 1 amide bonds. The summed E-state index contributed by atoms with van der Waals surface area (Å²) in [6, 6.07) is 12.4. The topological polar surface area (TPSA) is 132 Å². The van der Waals surface area contributed by atoms with Gasteiger partial charge in [0.05, 0.1) is 43.6 Å². The number of methoxy groups -OCH3 is 2. The van der Waals surface area contributed by atoms with Crippen LogP contribution in [0.4, 0.5) is 5.69 Å². The number of aliphatic hydroxyl groups excluding tert-OH is 1. The maximum absolute atomic E-state index is 13.1. The van der Waals surface area contributed by atoms with E-state index in [0.717, 1.165) is 6.07 Å². The molecule has 34 heavy (non-hydrogen) atoms. The largest absolute Gasteiger partial charge is 0.507 e. The Morgan fingerprint density at radius 2 is 1.85 bits per heavy atom. The highest BCUT2D eigenvalue weighted by atomic mass is 16.6. The third-order valence-corrected chi connectivity index (χ3v) is 5.50. The van der Waals surface area contributed by atoms with Gasteiger partial charge in [0.2, 0.25) is 0 Å². The summed E-state index contributed by atoms with van der Waals surface area (Å²) in [5, 5.41) is 22.3. The molecule has 1 aliphatic rings. The number of benzene rings is 2. The zero-order chi connectivity index (χ0) is 24.4. The number of ether oxygens (including phenoxy) is 2. The SMILES string of the molecule is COc1ccc([C@@H]2C(=C(O)c3cccc([N+](=O)[O-])c3)C(=O)C(=O)N2Cc2ccco2)cc1OC. The average Bonchev–Trinajstić information content (AvgIpc) is 3.45. The molecule has 2 aromatic carbocycles. The van der Waals surface area contributed by atoms with E-state index in [1.807, 2.05) is 0 Å². The lowest BCUT2D eigenvalue weighted by molar-refractivity contribution is -0.384. The predicted octanol–water partition coefficient (Wildman–Crippen LogP) is 3.83. The van der Waals surface area contributed by atoms with E-state index in [1.54, 1.807) is 30.3 Å². The molecule has 1 saturated heterocycles. The third kappa shape index (κ3) is 3.96. The first-order valence-electron chi connectivity index (χ1n) is 10.1. The summed E-state index contributed by atoms with van der Waals surface area (Å²) in [6.07, 6.45) is 1.44. The Bertz CT molecular complexity index is 1300. The number of furan rings is 1. The van der Waals surface area contributed by atoms with Gasteiger partial charge in [-0.1, -0.05) is 18.2 Å². The van der Waals surface area contributed by atoms with Crippen molar-refractivity contribution < 1.29 is 33.5 Å². The van der Waals surface area contributed by atoms with Gasteiger partial charge in [0.15, 0.2) is 11.5 Å². The minimum absolute atomic E-state index is 0.0377. The standard InChI is InChI=1S/C24H20N2O8/c1-32-18-9-8-14(12-19(18)33-2)21-20(22(27)15-5-3-6-16(11-15)26(30)31)23(28)24(29)25(21)13-17-7-4-10-34-17/h3-12,21,27H,13H2,1-2H3/t21-/m1/s1. The zero-order valence-electron chi connectivity index (χ0n) is 18.3. The number of Topliss-reactive ketones (excluding diaryl/α,β-unsaturated/α-hetero) is 1. The van der Waals surface area contributed by atoms with Gasteiger partial charge in [-0.3, -0.25) is 19.7 Å². The molecule has 10 heteroatoms. The molecule has 0 unspecified atom stereocenters. The van der Waals surface area contributed by atoms with Crippen molar-refractivity contribution in [2.75, 3.05) is 14.2 Å². The second kappa shape index (κ2) is 9.10. The zero-order valence-corrected chi connectivity index (χ0v) is 18.3. The molecule has 1 fully saturated rings. The Morgan fingerprint density at radius 1 is 1.09 bits per heavy atom. The maximum atomic E-state index is 13.1. The summed E-state index contributed by atoms with van der Waals surface area (Å²) >= 11 is 0. The molecule has 0 bridgehead atoms. The van der Waals surface area contributed by atoms with Crippen LogP contribution in [0.5, 0.6) is 11.5 Å². The summed E-state index contributed by atoms with van der Waals surface area (Å²) in [5.74, 6) is -1.06. The van der Waals surface area contributed by atoms with Crippen LogP contribution < -0.4 is 9.47 Å². The number of carbonyl (C=O) groups excluding carboxylic acids is 2. The Hall–Kier alpha value is -4.60. The summed E-state index contributed by atoms with van der Waals surface area (Å²) in [6.45, 7) is -0.0394. The van der Waals surface area contributed by atoms with Crippen LogP contribution in [0.2, 0.25) is 0 Å². The molecule has 0 saturated carbocycles. The Morgan fingerprint density at radius 3 is 2.50 bits per heavy atom. The molecule has 174 valence electrons. The highest BCUT2D eigenvalue weighted by Crippen LogP contribution is 2.42. The van der Waals surface area contributed by atoms with E-state index in [0.29, 0.717) is 22.8 Å². The molecule has 1 aromatic heterocycles. The lowest BCUT2D eigenvalue weighted by atomic mass is 9.94. The summed E-state index contributed by atoms with van der Waals surface area (Å²) in [7, 11) is 2.92. The molecule has 3 aromatic rings. The Kier molecular flexibility index (Phi) is 6.05. The molecule has 1 atom stereocenters. The van der Waals surface area contributed by atoms with Crippen molar-refractivity contribution in [3.63, 3.8) is 0 Å². The van der Waals surface area contributed by atoms with Crippen LogP contribution in [0, 0.1) is 10.1 Å². The number of likely N-dealkylation sites (tertiary alicyclic amines) is 1. The summed E-state index contributed by atoms with van der Waals surface area (Å²) in [5.41, 5.74) is 0.0341. The quantitative estimate of drug-likeness (QED) is 0.183. The number of ketones is 1. The summed E-state index contributed by atoms with van der Waals surface area (Å²) in [4.78, 5) is 38.0. The van der Waals surface area contributed by atoms with E-state index < -0.39 is 28.4 Å². The number of hydrogen-bond donors (Lipinski definition) is 1. The van der Waals surface area contributed by atoms with Gasteiger partial charge in [-0.05, 0) is 29.8 Å². The number of hydrogen-bond acceptors (Lipinski definition) is 8. The van der Waals surface area contributed by atoms with Gasteiger partial charge in [-0.25, -0.2) is 0 Å². The first-order chi connectivity index (χ1) is 16.3.